The molecule has 0 fully saturated rings. The average molecular weight is 143 g/mol. The fraction of sp³-hybridized carbons (Fsp3) is 0.875. The highest BCUT2D eigenvalue weighted by Gasteiger charge is 2.07. The predicted octanol–water partition coefficient (Wildman–Crippen LogP) is 1.56. The Bertz CT molecular complexity index is 101. The molecule has 1 N–H and O–H groups in total. The van der Waals surface area contributed by atoms with Crippen LogP contribution in [0, 0.1) is 5.92 Å². The van der Waals surface area contributed by atoms with Gasteiger partial charge in [-0.25, -0.2) is 0 Å². The van der Waals surface area contributed by atoms with Gasteiger partial charge in [-0.3, -0.25) is 4.79 Å². The Balaban J connectivity index is 3.42. The average Bonchev–Trinajstić information content (AvgIpc) is 1.98. The lowest BCUT2D eigenvalue weighted by atomic mass is 10.1. The molecule has 60 valence electrons. The third kappa shape index (κ3) is 3.49. The zero-order valence-corrected chi connectivity index (χ0v) is 7.11. The van der Waals surface area contributed by atoms with Crippen molar-refractivity contribution >= 4 is 5.91 Å². The largest absolute Gasteiger partial charge is 0.356 e. The van der Waals surface area contributed by atoms with E-state index in [2.05, 4.69) is 12.2 Å². The summed E-state index contributed by atoms with van der Waals surface area (Å²) in [6, 6.07) is 0. The maximum atomic E-state index is 11.0. The smallest absolute Gasteiger partial charge is 0.222 e. The van der Waals surface area contributed by atoms with Gasteiger partial charge in [-0.15, -0.1) is 0 Å². The molecule has 0 bridgehead atoms. The predicted molar refractivity (Wildman–Crippen MR) is 42.8 cm³/mol. The monoisotopic (exact) mass is 143 g/mol. The highest BCUT2D eigenvalue weighted by Crippen LogP contribution is 1.98. The van der Waals surface area contributed by atoms with Gasteiger partial charge < -0.3 is 5.32 Å². The first-order valence-corrected chi connectivity index (χ1v) is 4.00. The minimum absolute atomic E-state index is 0.173. The lowest BCUT2D eigenvalue weighted by molar-refractivity contribution is -0.124. The molecule has 0 aliphatic rings. The Morgan fingerprint density at radius 3 is 2.50 bits per heavy atom. The molecule has 0 aromatic heterocycles. The van der Waals surface area contributed by atoms with Crippen molar-refractivity contribution in [1.82, 2.24) is 5.32 Å². The van der Waals surface area contributed by atoms with E-state index in [4.69, 9.17) is 0 Å². The Morgan fingerprint density at radius 1 is 1.50 bits per heavy atom. The minimum Gasteiger partial charge on any atom is -0.356 e. The third-order valence-electron chi connectivity index (χ3n) is 1.61. The molecule has 1 amide bonds. The van der Waals surface area contributed by atoms with E-state index in [1.54, 1.807) is 0 Å². The fourth-order valence-corrected chi connectivity index (χ4v) is 0.608. The summed E-state index contributed by atoms with van der Waals surface area (Å²) in [4.78, 5) is 11.0. The first-order chi connectivity index (χ1) is 4.72. The van der Waals surface area contributed by atoms with Crippen molar-refractivity contribution in [2.24, 2.45) is 5.92 Å². The molecular formula is C8H17NO. The Hall–Kier alpha value is -0.530. The van der Waals surface area contributed by atoms with Gasteiger partial charge in [-0.1, -0.05) is 20.8 Å². The number of rotatable bonds is 4. The Labute approximate surface area is 63.0 Å². The van der Waals surface area contributed by atoms with Crippen molar-refractivity contribution in [1.29, 1.82) is 0 Å². The molecule has 2 heteroatoms. The molecule has 0 heterocycles. The van der Waals surface area contributed by atoms with Crippen LogP contribution in [-0.2, 0) is 4.79 Å². The van der Waals surface area contributed by atoms with Crippen molar-refractivity contribution in [2.45, 2.75) is 33.6 Å². The van der Waals surface area contributed by atoms with Crippen LogP contribution < -0.4 is 5.32 Å². The number of hydrogen-bond acceptors (Lipinski definition) is 1. The molecule has 0 radical (unpaired) electrons. The summed E-state index contributed by atoms with van der Waals surface area (Å²) in [5.41, 5.74) is 0. The fourth-order valence-electron chi connectivity index (χ4n) is 0.608. The molecule has 1 unspecified atom stereocenters. The van der Waals surface area contributed by atoms with Crippen LogP contribution in [0.3, 0.4) is 0 Å². The molecule has 0 aromatic rings. The van der Waals surface area contributed by atoms with E-state index in [0.29, 0.717) is 0 Å². The van der Waals surface area contributed by atoms with E-state index in [1.807, 2.05) is 13.8 Å². The molecule has 0 aromatic carbocycles. The van der Waals surface area contributed by atoms with Crippen molar-refractivity contribution < 1.29 is 4.79 Å². The summed E-state index contributed by atoms with van der Waals surface area (Å²) >= 11 is 0. The Morgan fingerprint density at radius 2 is 2.10 bits per heavy atom. The number of carbonyl (C=O) groups is 1. The van der Waals surface area contributed by atoms with Crippen LogP contribution in [0.1, 0.15) is 33.6 Å². The van der Waals surface area contributed by atoms with Crippen LogP contribution in [0.5, 0.6) is 0 Å². The van der Waals surface area contributed by atoms with Crippen molar-refractivity contribution in [3.8, 4) is 0 Å². The van der Waals surface area contributed by atoms with E-state index in [0.717, 1.165) is 19.4 Å². The summed E-state index contributed by atoms with van der Waals surface area (Å²) < 4.78 is 0. The van der Waals surface area contributed by atoms with Gasteiger partial charge in [0.25, 0.3) is 0 Å². The molecule has 0 aliphatic carbocycles. The van der Waals surface area contributed by atoms with Gasteiger partial charge in [-0.05, 0) is 12.8 Å². The third-order valence-corrected chi connectivity index (χ3v) is 1.61. The summed E-state index contributed by atoms with van der Waals surface area (Å²) in [5.74, 6) is 0.357. The zero-order valence-electron chi connectivity index (χ0n) is 7.11. The molecule has 2 nitrogen and oxygen atoms in total. The summed E-state index contributed by atoms with van der Waals surface area (Å²) in [5, 5.41) is 2.84. The molecule has 0 aliphatic heterocycles. The minimum atomic E-state index is 0.173. The van der Waals surface area contributed by atoms with Gasteiger partial charge in [-0.2, -0.15) is 0 Å². The van der Waals surface area contributed by atoms with E-state index in [9.17, 15) is 4.79 Å². The van der Waals surface area contributed by atoms with Crippen molar-refractivity contribution in [2.75, 3.05) is 6.54 Å². The molecule has 0 saturated heterocycles. The highest BCUT2D eigenvalue weighted by molar-refractivity contribution is 5.78. The number of hydrogen-bond donors (Lipinski definition) is 1. The maximum absolute atomic E-state index is 11.0. The summed E-state index contributed by atoms with van der Waals surface area (Å²) in [6.45, 7) is 6.83. The second-order valence-corrected chi connectivity index (χ2v) is 2.60. The lowest BCUT2D eigenvalue weighted by Crippen LogP contribution is -2.29. The van der Waals surface area contributed by atoms with Gasteiger partial charge in [0.2, 0.25) is 5.91 Å². The van der Waals surface area contributed by atoms with Crippen LogP contribution in [0.15, 0.2) is 0 Å². The van der Waals surface area contributed by atoms with Crippen LogP contribution in [0.4, 0.5) is 0 Å². The maximum Gasteiger partial charge on any atom is 0.222 e. The lowest BCUT2D eigenvalue weighted by Gasteiger charge is -2.07. The zero-order chi connectivity index (χ0) is 7.98. The molecule has 0 rings (SSSR count). The van der Waals surface area contributed by atoms with Crippen molar-refractivity contribution in [3.63, 3.8) is 0 Å². The van der Waals surface area contributed by atoms with Crippen LogP contribution >= 0.6 is 0 Å². The standard InChI is InChI=1S/C8H17NO/c1-4-6-9-8(10)7(3)5-2/h7H,4-6H2,1-3H3,(H,9,10). The van der Waals surface area contributed by atoms with Gasteiger partial charge >= 0.3 is 0 Å². The second kappa shape index (κ2) is 5.27. The van der Waals surface area contributed by atoms with E-state index < -0.39 is 0 Å². The quantitative estimate of drug-likeness (QED) is 0.635. The molecule has 0 spiro atoms. The van der Waals surface area contributed by atoms with Crippen LogP contribution in [0.25, 0.3) is 0 Å². The summed E-state index contributed by atoms with van der Waals surface area (Å²) in [6.07, 6.45) is 1.94. The molecule has 0 saturated carbocycles. The number of amides is 1. The molecule has 1 atom stereocenters. The normalized spacial score (nSPS) is 12.7. The van der Waals surface area contributed by atoms with E-state index >= 15 is 0 Å². The van der Waals surface area contributed by atoms with E-state index in [-0.39, 0.29) is 11.8 Å². The molecular weight excluding hydrogens is 126 g/mol. The first-order valence-electron chi connectivity index (χ1n) is 4.00. The summed E-state index contributed by atoms with van der Waals surface area (Å²) in [7, 11) is 0. The van der Waals surface area contributed by atoms with Gasteiger partial charge in [0.1, 0.15) is 0 Å². The number of carbonyl (C=O) groups excluding carboxylic acids is 1. The van der Waals surface area contributed by atoms with Crippen LogP contribution in [0.2, 0.25) is 0 Å². The van der Waals surface area contributed by atoms with Gasteiger partial charge in [0.15, 0.2) is 0 Å². The first kappa shape index (κ1) is 9.47. The van der Waals surface area contributed by atoms with Crippen molar-refractivity contribution in [3.05, 3.63) is 0 Å². The van der Waals surface area contributed by atoms with Gasteiger partial charge in [0.05, 0.1) is 0 Å². The highest BCUT2D eigenvalue weighted by atomic mass is 16.1. The number of nitrogens with one attached hydrogen (secondary N) is 1. The molecule has 10 heavy (non-hydrogen) atoms. The van der Waals surface area contributed by atoms with E-state index in [1.165, 1.54) is 0 Å². The SMILES string of the molecule is CCCNC(=O)C(C)CC. The van der Waals surface area contributed by atoms with Gasteiger partial charge in [0, 0.05) is 12.5 Å². The Kier molecular flexibility index (Phi) is 4.99. The topological polar surface area (TPSA) is 29.1 Å². The van der Waals surface area contributed by atoms with Crippen LogP contribution in [-0.4, -0.2) is 12.5 Å². The second-order valence-electron chi connectivity index (χ2n) is 2.60.